The minimum Gasteiger partial charge on any atom is -0.369 e. The van der Waals surface area contributed by atoms with Crippen LogP contribution >= 0.6 is 0 Å². The number of nitrogens with two attached hydrogens (primary N) is 1. The summed E-state index contributed by atoms with van der Waals surface area (Å²) in [6, 6.07) is 1.19. The summed E-state index contributed by atoms with van der Waals surface area (Å²) in [6.07, 6.45) is 2.88. The first-order valence-electron chi connectivity index (χ1n) is 10.0. The molecule has 9 heteroatoms. The van der Waals surface area contributed by atoms with E-state index >= 15 is 0 Å². The number of piperidine rings is 1. The van der Waals surface area contributed by atoms with Crippen LogP contribution in [0.2, 0.25) is 0 Å². The van der Waals surface area contributed by atoms with Crippen LogP contribution in [0, 0.1) is 5.92 Å². The quantitative estimate of drug-likeness (QED) is 0.571. The number of H-pyrrole nitrogens is 1. The normalized spacial score (nSPS) is 18.9. The number of allylic oxidation sites excluding steroid dienone is 1. The molecule has 29 heavy (non-hydrogen) atoms. The topological polar surface area (TPSA) is 116 Å². The predicted octanol–water partition coefficient (Wildman–Crippen LogP) is 1.58. The molecule has 1 aromatic heterocycles. The Morgan fingerprint density at radius 1 is 1.28 bits per heavy atom. The number of rotatable bonds is 5. The number of carbonyl (C=O) groups is 2. The van der Waals surface area contributed by atoms with E-state index in [0.29, 0.717) is 44.8 Å². The van der Waals surface area contributed by atoms with E-state index in [1.165, 1.54) is 11.0 Å². The molecule has 3 rings (SSSR count). The minimum atomic E-state index is -0.833. The molecule has 158 valence electrons. The summed E-state index contributed by atoms with van der Waals surface area (Å²) in [4.78, 5) is 49.9. The molecule has 2 saturated heterocycles. The van der Waals surface area contributed by atoms with Gasteiger partial charge in [0.05, 0.1) is 0 Å². The van der Waals surface area contributed by atoms with E-state index in [4.69, 9.17) is 5.73 Å². The van der Waals surface area contributed by atoms with Crippen molar-refractivity contribution in [3.8, 4) is 0 Å². The number of carbonyl (C=O) groups excluding carboxylic acids is 2. The number of urea groups is 1. The van der Waals surface area contributed by atoms with Crippen LogP contribution in [0.1, 0.15) is 40.5 Å². The van der Waals surface area contributed by atoms with Crippen LogP contribution in [0.4, 0.5) is 16.6 Å². The molecule has 1 spiro atoms. The lowest BCUT2D eigenvalue weighted by atomic mass is 9.85. The lowest BCUT2D eigenvalue weighted by Crippen LogP contribution is -2.57. The van der Waals surface area contributed by atoms with Gasteiger partial charge in [0.25, 0.3) is 11.5 Å². The fourth-order valence-electron chi connectivity index (χ4n) is 4.05. The number of hydrogen-bond acceptors (Lipinski definition) is 6. The summed E-state index contributed by atoms with van der Waals surface area (Å²) in [5.41, 5.74) is 5.58. The molecule has 3 amide bonds. The van der Waals surface area contributed by atoms with Crippen LogP contribution in [0.15, 0.2) is 22.5 Å². The van der Waals surface area contributed by atoms with Crippen molar-refractivity contribution in [1.82, 2.24) is 19.8 Å². The van der Waals surface area contributed by atoms with Crippen molar-refractivity contribution in [2.45, 2.75) is 46.1 Å². The van der Waals surface area contributed by atoms with Crippen LogP contribution in [0.5, 0.6) is 0 Å². The Labute approximate surface area is 170 Å². The molecule has 0 unspecified atom stereocenters. The zero-order valence-corrected chi connectivity index (χ0v) is 17.6. The largest absolute Gasteiger partial charge is 0.369 e. The minimum absolute atomic E-state index is 0.0641. The highest BCUT2D eigenvalue weighted by Gasteiger charge is 2.57. The standard InChI is InChI=1S/C20H30N6O3/c1-13(2)5-8-25-17(28)20(26(19(25)29)12-14(3)4)6-9-24(10-7-20)15-11-16(27)23-18(21)22-15/h5,11,14H,6-10,12H2,1-4H3,(H3,21,22,23,27). The molecular formula is C20H30N6O3. The second kappa shape index (κ2) is 7.88. The van der Waals surface area contributed by atoms with E-state index in [1.54, 1.807) is 4.90 Å². The van der Waals surface area contributed by atoms with Gasteiger partial charge in [0.15, 0.2) is 0 Å². The first-order chi connectivity index (χ1) is 13.6. The third kappa shape index (κ3) is 3.99. The number of nitrogens with one attached hydrogen (secondary N) is 1. The van der Waals surface area contributed by atoms with Gasteiger partial charge in [-0.25, -0.2) is 4.79 Å². The second-order valence-electron chi connectivity index (χ2n) is 8.49. The average Bonchev–Trinajstić information content (AvgIpc) is 2.81. The molecule has 0 aromatic carbocycles. The summed E-state index contributed by atoms with van der Waals surface area (Å²) < 4.78 is 0. The van der Waals surface area contributed by atoms with Gasteiger partial charge in [0, 0.05) is 32.2 Å². The second-order valence-corrected chi connectivity index (χ2v) is 8.49. The van der Waals surface area contributed by atoms with Crippen molar-refractivity contribution in [2.24, 2.45) is 5.92 Å². The smallest absolute Gasteiger partial charge is 0.327 e. The Balaban J connectivity index is 1.86. The first-order valence-corrected chi connectivity index (χ1v) is 10.0. The molecule has 3 heterocycles. The Morgan fingerprint density at radius 3 is 2.48 bits per heavy atom. The van der Waals surface area contributed by atoms with Crippen LogP contribution < -0.4 is 16.2 Å². The zero-order valence-electron chi connectivity index (χ0n) is 17.6. The van der Waals surface area contributed by atoms with E-state index in [1.807, 2.05) is 38.7 Å². The van der Waals surface area contributed by atoms with Crippen molar-refractivity contribution in [2.75, 3.05) is 36.8 Å². The third-order valence-corrected chi connectivity index (χ3v) is 5.51. The number of nitrogen functional groups attached to an aromatic ring is 1. The number of nitrogens with zero attached hydrogens (tertiary/aromatic N) is 4. The van der Waals surface area contributed by atoms with Crippen LogP contribution in [0.25, 0.3) is 0 Å². The number of hydrogen-bond donors (Lipinski definition) is 2. The lowest BCUT2D eigenvalue weighted by Gasteiger charge is -2.43. The first kappa shape index (κ1) is 20.9. The Kier molecular flexibility index (Phi) is 5.68. The maximum Gasteiger partial charge on any atom is 0.327 e. The molecule has 3 N–H and O–H groups in total. The third-order valence-electron chi connectivity index (χ3n) is 5.51. The number of amides is 3. The van der Waals surface area contributed by atoms with E-state index in [2.05, 4.69) is 9.97 Å². The molecule has 2 aliphatic heterocycles. The fraction of sp³-hybridized carbons (Fsp3) is 0.600. The molecule has 0 atom stereocenters. The van der Waals surface area contributed by atoms with Gasteiger partial charge in [-0.05, 0) is 32.6 Å². The molecule has 9 nitrogen and oxygen atoms in total. The van der Waals surface area contributed by atoms with E-state index in [9.17, 15) is 14.4 Å². The molecule has 0 aliphatic carbocycles. The molecule has 2 fully saturated rings. The van der Waals surface area contributed by atoms with Gasteiger partial charge in [0.1, 0.15) is 11.4 Å². The summed E-state index contributed by atoms with van der Waals surface area (Å²) >= 11 is 0. The van der Waals surface area contributed by atoms with Gasteiger partial charge in [-0.3, -0.25) is 19.5 Å². The highest BCUT2D eigenvalue weighted by molar-refractivity contribution is 6.07. The lowest BCUT2D eigenvalue weighted by molar-refractivity contribution is -0.134. The van der Waals surface area contributed by atoms with Crippen LogP contribution in [0.3, 0.4) is 0 Å². The number of aromatic nitrogens is 2. The Hall–Kier alpha value is -2.84. The SMILES string of the molecule is CC(C)=CCN1C(=O)N(CC(C)C)C2(CCN(c3cc(=O)[nH]c(N)n3)CC2)C1=O. The average molecular weight is 402 g/mol. The van der Waals surface area contributed by atoms with E-state index < -0.39 is 5.54 Å². The van der Waals surface area contributed by atoms with Crippen LogP contribution in [-0.2, 0) is 4.79 Å². The monoisotopic (exact) mass is 402 g/mol. The van der Waals surface area contributed by atoms with Gasteiger partial charge in [-0.1, -0.05) is 25.5 Å². The highest BCUT2D eigenvalue weighted by atomic mass is 16.2. The molecule has 1 aromatic rings. The maximum absolute atomic E-state index is 13.4. The summed E-state index contributed by atoms with van der Waals surface area (Å²) in [5.74, 6) is 0.682. The molecule has 0 bridgehead atoms. The molecule has 0 radical (unpaired) electrons. The number of anilines is 2. The van der Waals surface area contributed by atoms with Crippen molar-refractivity contribution in [3.05, 3.63) is 28.1 Å². The molecule has 0 saturated carbocycles. The van der Waals surface area contributed by atoms with Gasteiger partial charge in [0.2, 0.25) is 5.95 Å². The van der Waals surface area contributed by atoms with Crippen molar-refractivity contribution in [1.29, 1.82) is 0 Å². The van der Waals surface area contributed by atoms with Crippen molar-refractivity contribution in [3.63, 3.8) is 0 Å². The Morgan fingerprint density at radius 2 is 1.93 bits per heavy atom. The predicted molar refractivity (Wildman–Crippen MR) is 112 cm³/mol. The summed E-state index contributed by atoms with van der Waals surface area (Å²) in [6.45, 7) is 9.85. The van der Waals surface area contributed by atoms with Gasteiger partial charge in [-0.15, -0.1) is 0 Å². The number of aromatic amines is 1. The fourth-order valence-corrected chi connectivity index (χ4v) is 4.05. The van der Waals surface area contributed by atoms with Gasteiger partial charge < -0.3 is 15.5 Å². The summed E-state index contributed by atoms with van der Waals surface area (Å²) in [5, 5.41) is 0. The number of imide groups is 1. The maximum atomic E-state index is 13.4. The molecular weight excluding hydrogens is 372 g/mol. The van der Waals surface area contributed by atoms with E-state index in [0.717, 1.165) is 5.57 Å². The molecule has 2 aliphatic rings. The summed E-state index contributed by atoms with van der Waals surface area (Å²) in [7, 11) is 0. The van der Waals surface area contributed by atoms with Crippen LogP contribution in [-0.4, -0.2) is 63.4 Å². The van der Waals surface area contributed by atoms with Gasteiger partial charge in [-0.2, -0.15) is 4.98 Å². The van der Waals surface area contributed by atoms with Gasteiger partial charge >= 0.3 is 6.03 Å². The zero-order chi connectivity index (χ0) is 21.3. The van der Waals surface area contributed by atoms with E-state index in [-0.39, 0.29) is 29.4 Å². The van der Waals surface area contributed by atoms with Crippen molar-refractivity contribution < 1.29 is 9.59 Å². The highest BCUT2D eigenvalue weighted by Crippen LogP contribution is 2.38. The van der Waals surface area contributed by atoms with Crippen molar-refractivity contribution >= 4 is 23.7 Å². The Bertz CT molecular complexity index is 878.